The Balaban J connectivity index is 1.65. The van der Waals surface area contributed by atoms with Crippen molar-refractivity contribution < 1.29 is 27.3 Å². The lowest BCUT2D eigenvalue weighted by molar-refractivity contribution is 0.0994. The number of benzene rings is 2. The maximum atomic E-state index is 13.2. The first-order valence-electron chi connectivity index (χ1n) is 10.2. The Labute approximate surface area is 220 Å². The second kappa shape index (κ2) is 10.4. The Bertz CT molecular complexity index is 1440. The van der Waals surface area contributed by atoms with Crippen LogP contribution in [0.15, 0.2) is 54.6 Å². The van der Waals surface area contributed by atoms with Gasteiger partial charge in [-0.1, -0.05) is 23.2 Å². The van der Waals surface area contributed by atoms with Crippen molar-refractivity contribution in [3.8, 4) is 0 Å². The zero-order valence-electron chi connectivity index (χ0n) is 18.3. The predicted molar refractivity (Wildman–Crippen MR) is 139 cm³/mol. The number of thiophene rings is 1. The molecule has 2 amide bonds. The molecule has 0 unspecified atom stereocenters. The number of carbonyl (C=O) groups excluding carboxylic acids is 2. The summed E-state index contributed by atoms with van der Waals surface area (Å²) in [5, 5.41) is 10.6. The molecule has 188 valence electrons. The van der Waals surface area contributed by atoms with Crippen molar-refractivity contribution in [3.63, 3.8) is 0 Å². The zero-order chi connectivity index (χ0) is 26.0. The Morgan fingerprint density at radius 1 is 1.14 bits per heavy atom. The standard InChI is InChI=1S/C22H18Cl2N4O6S2/c23-13-1-6-16(20(29)26-14-2-4-15(5-3-14)27-9-10-34-22(27)25)17(11-13)28(12-36(31,32)33)21(30)18-7-8-19(24)35-18/h1-8,11,25H,9-10,12H2,(H,26,29)(H,31,32,33). The summed E-state index contributed by atoms with van der Waals surface area (Å²) < 4.78 is 38.5. The Morgan fingerprint density at radius 3 is 2.44 bits per heavy atom. The van der Waals surface area contributed by atoms with E-state index >= 15 is 0 Å². The molecule has 1 fully saturated rings. The third-order valence-corrected chi connectivity index (χ3v) is 7.09. The lowest BCUT2D eigenvalue weighted by atomic mass is 10.1. The highest BCUT2D eigenvalue weighted by Crippen LogP contribution is 2.31. The molecule has 10 nitrogen and oxygen atoms in total. The molecule has 14 heteroatoms. The van der Waals surface area contributed by atoms with Gasteiger partial charge in [0.2, 0.25) is 0 Å². The molecule has 0 aliphatic carbocycles. The summed E-state index contributed by atoms with van der Waals surface area (Å²) >= 11 is 12.9. The first-order valence-corrected chi connectivity index (χ1v) is 13.4. The number of halogens is 2. The molecule has 36 heavy (non-hydrogen) atoms. The van der Waals surface area contributed by atoms with E-state index in [1.54, 1.807) is 29.2 Å². The van der Waals surface area contributed by atoms with Crippen LogP contribution in [-0.4, -0.2) is 49.8 Å². The lowest BCUT2D eigenvalue weighted by Crippen LogP contribution is -2.36. The van der Waals surface area contributed by atoms with Gasteiger partial charge in [0.25, 0.3) is 28.0 Å². The summed E-state index contributed by atoms with van der Waals surface area (Å²) in [6.07, 6.45) is 0. The average molecular weight is 569 g/mol. The van der Waals surface area contributed by atoms with Crippen LogP contribution in [0.3, 0.4) is 0 Å². The molecule has 2 heterocycles. The first-order chi connectivity index (χ1) is 17.0. The molecule has 1 aliphatic heterocycles. The third-order valence-electron chi connectivity index (χ3n) is 5.05. The minimum atomic E-state index is -4.68. The minimum absolute atomic E-state index is 0.0354. The van der Waals surface area contributed by atoms with Gasteiger partial charge >= 0.3 is 0 Å². The summed E-state index contributed by atoms with van der Waals surface area (Å²) in [5.41, 5.74) is 0.945. The van der Waals surface area contributed by atoms with Gasteiger partial charge in [-0.05, 0) is 54.6 Å². The van der Waals surface area contributed by atoms with E-state index in [4.69, 9.17) is 33.3 Å². The van der Waals surface area contributed by atoms with Crippen molar-refractivity contribution >= 4 is 79.6 Å². The molecule has 1 aromatic heterocycles. The lowest BCUT2D eigenvalue weighted by Gasteiger charge is -2.23. The molecule has 0 spiro atoms. The molecule has 1 saturated heterocycles. The van der Waals surface area contributed by atoms with E-state index in [0.29, 0.717) is 28.9 Å². The van der Waals surface area contributed by atoms with E-state index in [9.17, 15) is 22.6 Å². The van der Waals surface area contributed by atoms with Crippen LogP contribution < -0.4 is 15.1 Å². The molecule has 3 N–H and O–H groups in total. The highest BCUT2D eigenvalue weighted by molar-refractivity contribution is 7.85. The molecule has 2 aromatic carbocycles. The monoisotopic (exact) mass is 568 g/mol. The number of hydrogen-bond donors (Lipinski definition) is 3. The van der Waals surface area contributed by atoms with Crippen molar-refractivity contribution in [2.24, 2.45) is 0 Å². The Hall–Kier alpha value is -3.16. The average Bonchev–Trinajstić information content (AvgIpc) is 3.45. The number of rotatable bonds is 7. The SMILES string of the molecule is N=C1OCCN1c1ccc(NC(=O)c2ccc(Cl)cc2N(CS(=O)(=O)O)C(=O)c2ccc(Cl)s2)cc1. The molecule has 0 atom stereocenters. The summed E-state index contributed by atoms with van der Waals surface area (Å²) in [4.78, 5) is 28.9. The number of ether oxygens (including phenoxy) is 1. The molecular weight excluding hydrogens is 551 g/mol. The van der Waals surface area contributed by atoms with Gasteiger partial charge in [-0.2, -0.15) is 8.42 Å². The molecule has 4 rings (SSSR count). The van der Waals surface area contributed by atoms with Crippen LogP contribution in [0.4, 0.5) is 17.1 Å². The van der Waals surface area contributed by atoms with Gasteiger partial charge in [0.05, 0.1) is 27.0 Å². The first kappa shape index (κ1) is 25.9. The minimum Gasteiger partial charge on any atom is -0.463 e. The van der Waals surface area contributed by atoms with Gasteiger partial charge in [0.1, 0.15) is 6.61 Å². The number of amides is 2. The van der Waals surface area contributed by atoms with E-state index < -0.39 is 27.8 Å². The van der Waals surface area contributed by atoms with Crippen molar-refractivity contribution in [2.45, 2.75) is 0 Å². The number of nitrogens with zero attached hydrogens (tertiary/aromatic N) is 2. The quantitative estimate of drug-likeness (QED) is 0.354. The van der Waals surface area contributed by atoms with Gasteiger partial charge in [-0.25, -0.2) is 0 Å². The largest absolute Gasteiger partial charge is 0.463 e. The molecule has 1 aliphatic rings. The fraction of sp³-hybridized carbons (Fsp3) is 0.136. The Kier molecular flexibility index (Phi) is 7.52. The summed E-state index contributed by atoms with van der Waals surface area (Å²) in [6.45, 7) is 0.943. The smallest absolute Gasteiger partial charge is 0.289 e. The van der Waals surface area contributed by atoms with Crippen LogP contribution in [0.5, 0.6) is 0 Å². The summed E-state index contributed by atoms with van der Waals surface area (Å²) in [5.74, 6) is -2.55. The molecule has 3 aromatic rings. The van der Waals surface area contributed by atoms with Crippen molar-refractivity contribution in [3.05, 3.63) is 74.4 Å². The maximum absolute atomic E-state index is 13.2. The van der Waals surface area contributed by atoms with Gasteiger partial charge in [-0.15, -0.1) is 11.3 Å². The number of amidine groups is 1. The number of carbonyl (C=O) groups is 2. The Morgan fingerprint density at radius 2 is 1.86 bits per heavy atom. The topological polar surface area (TPSA) is 140 Å². The second-order valence-corrected chi connectivity index (χ2v) is 11.1. The van der Waals surface area contributed by atoms with Crippen LogP contribution in [0.25, 0.3) is 0 Å². The highest BCUT2D eigenvalue weighted by atomic mass is 35.5. The van der Waals surface area contributed by atoms with Gasteiger partial charge < -0.3 is 10.1 Å². The fourth-order valence-electron chi connectivity index (χ4n) is 3.47. The van der Waals surface area contributed by atoms with Crippen LogP contribution in [0, 0.1) is 5.41 Å². The summed E-state index contributed by atoms with van der Waals surface area (Å²) in [7, 11) is -4.68. The van der Waals surface area contributed by atoms with Crippen LogP contribution in [0.1, 0.15) is 20.0 Å². The predicted octanol–water partition coefficient (Wildman–Crippen LogP) is 4.57. The van der Waals surface area contributed by atoms with Crippen LogP contribution in [0.2, 0.25) is 9.36 Å². The number of nitrogens with one attached hydrogen (secondary N) is 2. The van der Waals surface area contributed by atoms with Crippen molar-refractivity contribution in [2.75, 3.05) is 34.1 Å². The molecular formula is C22H18Cl2N4O6S2. The zero-order valence-corrected chi connectivity index (χ0v) is 21.4. The normalized spacial score (nSPS) is 13.4. The second-order valence-electron chi connectivity index (χ2n) is 7.52. The molecule has 0 bridgehead atoms. The third kappa shape index (κ3) is 5.97. The highest BCUT2D eigenvalue weighted by Gasteiger charge is 2.28. The van der Waals surface area contributed by atoms with Crippen molar-refractivity contribution in [1.82, 2.24) is 0 Å². The van der Waals surface area contributed by atoms with Crippen LogP contribution >= 0.6 is 34.5 Å². The molecule has 0 radical (unpaired) electrons. The van der Waals surface area contributed by atoms with E-state index in [1.165, 1.54) is 30.3 Å². The van der Waals surface area contributed by atoms with E-state index in [1.807, 2.05) is 0 Å². The van der Waals surface area contributed by atoms with Gasteiger partial charge in [0.15, 0.2) is 5.88 Å². The number of anilines is 3. The molecule has 0 saturated carbocycles. The fourth-order valence-corrected chi connectivity index (χ4v) is 5.21. The number of hydrogen-bond acceptors (Lipinski definition) is 7. The maximum Gasteiger partial charge on any atom is 0.289 e. The van der Waals surface area contributed by atoms with Gasteiger partial charge in [-0.3, -0.25) is 29.4 Å². The van der Waals surface area contributed by atoms with E-state index in [2.05, 4.69) is 5.32 Å². The van der Waals surface area contributed by atoms with Crippen molar-refractivity contribution in [1.29, 1.82) is 5.41 Å². The van der Waals surface area contributed by atoms with Crippen LogP contribution in [-0.2, 0) is 14.9 Å². The van der Waals surface area contributed by atoms with E-state index in [-0.39, 0.29) is 27.2 Å². The van der Waals surface area contributed by atoms with E-state index in [0.717, 1.165) is 16.2 Å². The van der Waals surface area contributed by atoms with Gasteiger partial charge in [0, 0.05) is 16.4 Å². The summed E-state index contributed by atoms with van der Waals surface area (Å²) in [6, 6.07) is 13.6.